The molecule has 3 amide bonds. The number of piperidine rings is 1. The third-order valence-corrected chi connectivity index (χ3v) is 8.09. The van der Waals surface area contributed by atoms with Crippen molar-refractivity contribution in [3.63, 3.8) is 0 Å². The van der Waals surface area contributed by atoms with E-state index in [9.17, 15) is 14.4 Å². The van der Waals surface area contributed by atoms with Gasteiger partial charge in [-0.15, -0.1) is 0 Å². The smallest absolute Gasteiger partial charge is 0.257 e. The number of hydrogen-bond acceptors (Lipinski definition) is 6. The SMILES string of the molecule is CNC(=O)C12CCCCN(C(=O)CN3CCN(C)CC3)CCOc3ccccc3C(=O)N(CC1)CC2. The van der Waals surface area contributed by atoms with Crippen molar-refractivity contribution in [3.05, 3.63) is 29.8 Å². The summed E-state index contributed by atoms with van der Waals surface area (Å²) < 4.78 is 6.07. The molecule has 1 aromatic carbocycles. The largest absolute Gasteiger partial charge is 0.491 e. The van der Waals surface area contributed by atoms with E-state index in [-0.39, 0.29) is 17.7 Å². The van der Waals surface area contributed by atoms with Crippen molar-refractivity contribution < 1.29 is 19.1 Å². The van der Waals surface area contributed by atoms with Crippen LogP contribution in [0.2, 0.25) is 0 Å². The van der Waals surface area contributed by atoms with Crippen molar-refractivity contribution in [2.24, 2.45) is 5.41 Å². The second-order valence-corrected chi connectivity index (χ2v) is 10.4. The zero-order valence-corrected chi connectivity index (χ0v) is 21.8. The molecule has 9 nitrogen and oxygen atoms in total. The molecule has 4 heterocycles. The molecule has 4 aliphatic rings. The van der Waals surface area contributed by atoms with Crippen LogP contribution in [0.5, 0.6) is 5.75 Å². The number of nitrogens with zero attached hydrogens (tertiary/aromatic N) is 4. The summed E-state index contributed by atoms with van der Waals surface area (Å²) in [6.45, 7) is 6.71. The first-order valence-corrected chi connectivity index (χ1v) is 13.3. The molecule has 2 saturated heterocycles. The molecule has 198 valence electrons. The Kier molecular flexibility index (Phi) is 8.85. The predicted molar refractivity (Wildman–Crippen MR) is 138 cm³/mol. The van der Waals surface area contributed by atoms with Gasteiger partial charge in [0, 0.05) is 52.9 Å². The van der Waals surface area contributed by atoms with E-state index >= 15 is 0 Å². The van der Waals surface area contributed by atoms with Crippen molar-refractivity contribution in [2.45, 2.75) is 32.1 Å². The van der Waals surface area contributed by atoms with Gasteiger partial charge in [-0.25, -0.2) is 0 Å². The van der Waals surface area contributed by atoms with Crippen LogP contribution in [0, 0.1) is 5.41 Å². The zero-order valence-electron chi connectivity index (χ0n) is 21.8. The monoisotopic (exact) mass is 499 g/mol. The third-order valence-electron chi connectivity index (χ3n) is 8.09. The van der Waals surface area contributed by atoms with Crippen molar-refractivity contribution >= 4 is 17.7 Å². The molecule has 0 radical (unpaired) electrons. The molecule has 2 fully saturated rings. The molecule has 0 atom stereocenters. The van der Waals surface area contributed by atoms with Gasteiger partial charge in [0.05, 0.1) is 24.1 Å². The Balaban J connectivity index is 1.51. The molecule has 4 aliphatic heterocycles. The predicted octanol–water partition coefficient (Wildman–Crippen LogP) is 1.29. The van der Waals surface area contributed by atoms with Gasteiger partial charge in [-0.2, -0.15) is 0 Å². The maximum atomic E-state index is 13.4. The second-order valence-electron chi connectivity index (χ2n) is 10.4. The van der Waals surface area contributed by atoms with E-state index in [0.29, 0.717) is 63.5 Å². The van der Waals surface area contributed by atoms with E-state index in [4.69, 9.17) is 4.74 Å². The molecular weight excluding hydrogens is 458 g/mol. The van der Waals surface area contributed by atoms with Crippen LogP contribution in [0.15, 0.2) is 24.3 Å². The molecule has 5 rings (SSSR count). The van der Waals surface area contributed by atoms with Gasteiger partial charge in [0.2, 0.25) is 11.8 Å². The van der Waals surface area contributed by atoms with Crippen LogP contribution in [0.25, 0.3) is 0 Å². The Labute approximate surface area is 214 Å². The summed E-state index contributed by atoms with van der Waals surface area (Å²) in [6, 6.07) is 7.33. The van der Waals surface area contributed by atoms with E-state index in [1.54, 1.807) is 13.1 Å². The fourth-order valence-corrected chi connectivity index (χ4v) is 5.62. The second kappa shape index (κ2) is 12.1. The first-order chi connectivity index (χ1) is 17.4. The number of fused-ring (bicyclic) bond motifs is 9. The standard InChI is InChI=1S/C27H41N5O4/c1-28-26(35)27-9-5-6-12-31(24(33)21-30-17-15-29(2)16-18-30)19-20-36-23-8-4-3-7-22(23)25(34)32(13-10-27)14-11-27/h3-4,7-8H,5-6,9-21H2,1-2H3,(H,28,35). The van der Waals surface area contributed by atoms with Gasteiger partial charge in [-0.3, -0.25) is 19.3 Å². The number of carbonyl (C=O) groups is 3. The molecule has 0 unspecified atom stereocenters. The topological polar surface area (TPSA) is 85.4 Å². The van der Waals surface area contributed by atoms with Crippen LogP contribution in [-0.2, 0) is 9.59 Å². The van der Waals surface area contributed by atoms with Crippen LogP contribution in [0.3, 0.4) is 0 Å². The number of para-hydroxylation sites is 1. The van der Waals surface area contributed by atoms with E-state index in [1.165, 1.54) is 0 Å². The highest BCUT2D eigenvalue weighted by atomic mass is 16.5. The summed E-state index contributed by atoms with van der Waals surface area (Å²) in [5.74, 6) is 0.663. The Bertz CT molecular complexity index is 922. The fraction of sp³-hybridized carbons (Fsp3) is 0.667. The van der Waals surface area contributed by atoms with Crippen LogP contribution >= 0.6 is 0 Å². The molecule has 0 aromatic heterocycles. The Morgan fingerprint density at radius 2 is 1.67 bits per heavy atom. The summed E-state index contributed by atoms with van der Waals surface area (Å²) in [4.78, 5) is 47.8. The average Bonchev–Trinajstić information content (AvgIpc) is 2.91. The summed E-state index contributed by atoms with van der Waals surface area (Å²) in [5.41, 5.74) is 0.0752. The Hall–Kier alpha value is -2.65. The van der Waals surface area contributed by atoms with Gasteiger partial charge < -0.3 is 24.8 Å². The lowest BCUT2D eigenvalue weighted by atomic mass is 9.73. The van der Waals surface area contributed by atoms with E-state index in [2.05, 4.69) is 22.2 Å². The highest BCUT2D eigenvalue weighted by Gasteiger charge is 2.41. The van der Waals surface area contributed by atoms with E-state index < -0.39 is 5.41 Å². The van der Waals surface area contributed by atoms with Crippen LogP contribution in [0.1, 0.15) is 42.5 Å². The highest BCUT2D eigenvalue weighted by molar-refractivity contribution is 5.97. The number of rotatable bonds is 3. The lowest BCUT2D eigenvalue weighted by Gasteiger charge is -2.40. The lowest BCUT2D eigenvalue weighted by molar-refractivity contribution is -0.135. The number of carbonyl (C=O) groups excluding carboxylic acids is 3. The molecular formula is C27H41N5O4. The minimum Gasteiger partial charge on any atom is -0.491 e. The molecule has 2 bridgehead atoms. The Morgan fingerprint density at radius 3 is 2.39 bits per heavy atom. The van der Waals surface area contributed by atoms with Crippen molar-refractivity contribution in [2.75, 3.05) is 79.6 Å². The quantitative estimate of drug-likeness (QED) is 0.675. The fourth-order valence-electron chi connectivity index (χ4n) is 5.62. The summed E-state index contributed by atoms with van der Waals surface area (Å²) in [7, 11) is 3.80. The van der Waals surface area contributed by atoms with Crippen molar-refractivity contribution in [1.82, 2.24) is 24.9 Å². The number of likely N-dealkylation sites (N-methyl/N-ethyl adjacent to an activating group) is 1. The molecule has 1 aromatic rings. The molecule has 0 aliphatic carbocycles. The van der Waals surface area contributed by atoms with Crippen LogP contribution < -0.4 is 10.1 Å². The van der Waals surface area contributed by atoms with Gasteiger partial charge in [-0.1, -0.05) is 18.6 Å². The van der Waals surface area contributed by atoms with E-state index in [1.807, 2.05) is 28.0 Å². The van der Waals surface area contributed by atoms with Crippen molar-refractivity contribution in [3.8, 4) is 5.75 Å². The Morgan fingerprint density at radius 1 is 0.944 bits per heavy atom. The first kappa shape index (κ1) is 26.4. The average molecular weight is 500 g/mol. The maximum absolute atomic E-state index is 13.4. The minimum absolute atomic E-state index is 0.0608. The molecule has 1 N–H and O–H groups in total. The number of piperazine rings is 1. The first-order valence-electron chi connectivity index (χ1n) is 13.3. The highest BCUT2D eigenvalue weighted by Crippen LogP contribution is 2.38. The van der Waals surface area contributed by atoms with Crippen LogP contribution in [0.4, 0.5) is 0 Å². The summed E-state index contributed by atoms with van der Waals surface area (Å²) >= 11 is 0. The molecule has 0 spiro atoms. The normalized spacial score (nSPS) is 22.2. The number of ether oxygens (including phenoxy) is 1. The van der Waals surface area contributed by atoms with Crippen LogP contribution in [-0.4, -0.2) is 117 Å². The summed E-state index contributed by atoms with van der Waals surface area (Å²) in [6.07, 6.45) is 3.76. The van der Waals surface area contributed by atoms with Gasteiger partial charge in [0.25, 0.3) is 5.91 Å². The molecule has 36 heavy (non-hydrogen) atoms. The third kappa shape index (κ3) is 6.18. The maximum Gasteiger partial charge on any atom is 0.257 e. The van der Waals surface area contributed by atoms with Gasteiger partial charge in [-0.05, 0) is 44.9 Å². The van der Waals surface area contributed by atoms with E-state index in [0.717, 1.165) is 45.4 Å². The van der Waals surface area contributed by atoms with Crippen molar-refractivity contribution in [1.29, 1.82) is 0 Å². The number of nitrogens with one attached hydrogen (secondary N) is 1. The lowest BCUT2D eigenvalue weighted by Crippen LogP contribution is -2.50. The van der Waals surface area contributed by atoms with Gasteiger partial charge in [0.1, 0.15) is 12.4 Å². The summed E-state index contributed by atoms with van der Waals surface area (Å²) in [5, 5.41) is 2.86. The number of hydrogen-bond donors (Lipinski definition) is 1. The molecule has 9 heteroatoms. The van der Waals surface area contributed by atoms with Gasteiger partial charge in [0.15, 0.2) is 0 Å². The zero-order chi connectivity index (χ0) is 25.5. The van der Waals surface area contributed by atoms with Gasteiger partial charge >= 0.3 is 0 Å². The molecule has 0 saturated carbocycles. The minimum atomic E-state index is -0.462. The number of benzene rings is 1. The number of amides is 3.